The number of benzene rings is 2. The van der Waals surface area contributed by atoms with E-state index in [4.69, 9.17) is 39.2 Å². The van der Waals surface area contributed by atoms with Crippen molar-refractivity contribution in [2.75, 3.05) is 5.32 Å². The maximum Gasteiger partial charge on any atom is 0.199 e. The molecule has 1 N–H and O–H groups in total. The minimum atomic E-state index is -0.484. The predicted octanol–water partition coefficient (Wildman–Crippen LogP) is 6.14. The van der Waals surface area contributed by atoms with Crippen LogP contribution in [0.15, 0.2) is 40.8 Å². The first-order valence-electron chi connectivity index (χ1n) is 6.10. The number of fused-ring (bicyclic) bond motifs is 1. The van der Waals surface area contributed by atoms with Crippen LogP contribution in [0.3, 0.4) is 0 Å². The number of rotatable bonds is 3. The summed E-state index contributed by atoms with van der Waals surface area (Å²) in [5.41, 5.74) is 1.96. The van der Waals surface area contributed by atoms with Crippen molar-refractivity contribution in [1.29, 1.82) is 0 Å². The van der Waals surface area contributed by atoms with E-state index in [1.54, 1.807) is 0 Å². The molecule has 0 aliphatic rings. The van der Waals surface area contributed by atoms with Gasteiger partial charge >= 0.3 is 0 Å². The number of anilines is 1. The fraction of sp³-hybridized carbons (Fsp3) is 0.0667. The smallest absolute Gasteiger partial charge is 0.199 e. The lowest BCUT2D eigenvalue weighted by Gasteiger charge is -2.10. The second-order valence-corrected chi connectivity index (χ2v) is 5.61. The Morgan fingerprint density at radius 3 is 2.43 bits per heavy atom. The van der Waals surface area contributed by atoms with E-state index in [1.807, 2.05) is 24.3 Å². The first-order valence-corrected chi connectivity index (χ1v) is 7.24. The lowest BCUT2D eigenvalue weighted by atomic mass is 10.1. The van der Waals surface area contributed by atoms with Gasteiger partial charge in [0.2, 0.25) is 0 Å². The molecule has 0 unspecified atom stereocenters. The first kappa shape index (κ1) is 14.5. The lowest BCUT2D eigenvalue weighted by molar-refractivity contribution is 0.613. The van der Waals surface area contributed by atoms with Gasteiger partial charge in [-0.15, -0.1) is 0 Å². The van der Waals surface area contributed by atoms with Gasteiger partial charge in [-0.2, -0.15) is 0 Å². The van der Waals surface area contributed by atoms with Crippen LogP contribution < -0.4 is 5.32 Å². The van der Waals surface area contributed by atoms with Gasteiger partial charge in [0.25, 0.3) is 0 Å². The first-order chi connectivity index (χ1) is 10.1. The normalized spacial score (nSPS) is 11.0. The van der Waals surface area contributed by atoms with Crippen LogP contribution in [0, 0.1) is 5.82 Å². The minimum absolute atomic E-state index is 0.212. The number of nitrogens with one attached hydrogen (secondary N) is 1. The third-order valence-electron chi connectivity index (χ3n) is 3.10. The van der Waals surface area contributed by atoms with Crippen LogP contribution in [0.1, 0.15) is 5.56 Å². The third-order valence-corrected chi connectivity index (χ3v) is 4.00. The molecule has 2 nitrogen and oxygen atoms in total. The molecule has 6 heteroatoms. The number of furan rings is 1. The molecule has 0 bridgehead atoms. The molecular weight excluding hydrogens is 336 g/mol. The summed E-state index contributed by atoms with van der Waals surface area (Å²) in [5, 5.41) is 4.70. The van der Waals surface area contributed by atoms with Crippen molar-refractivity contribution in [1.82, 2.24) is 0 Å². The van der Waals surface area contributed by atoms with Crippen LogP contribution in [-0.2, 0) is 6.54 Å². The average Bonchev–Trinajstić information content (AvgIpc) is 2.73. The van der Waals surface area contributed by atoms with E-state index in [1.165, 1.54) is 12.1 Å². The summed E-state index contributed by atoms with van der Waals surface area (Å²) in [5.74, 6) is -0.484. The summed E-state index contributed by atoms with van der Waals surface area (Å²) in [7, 11) is 0. The molecule has 1 aromatic heterocycles. The number of halogens is 4. The molecule has 0 spiro atoms. The second-order valence-electron chi connectivity index (χ2n) is 4.45. The molecule has 0 saturated heterocycles. The van der Waals surface area contributed by atoms with E-state index in [0.717, 1.165) is 10.9 Å². The Kier molecular flexibility index (Phi) is 3.98. The summed E-state index contributed by atoms with van der Waals surface area (Å²) in [6.45, 7) is 0.362. The fourth-order valence-corrected chi connectivity index (χ4v) is 2.97. The van der Waals surface area contributed by atoms with Crippen LogP contribution in [0.25, 0.3) is 11.0 Å². The molecule has 108 valence electrons. The highest BCUT2D eigenvalue weighted by molar-refractivity contribution is 6.39. The molecule has 3 rings (SSSR count). The largest absolute Gasteiger partial charge is 0.444 e. The zero-order valence-electron chi connectivity index (χ0n) is 10.6. The van der Waals surface area contributed by atoms with Gasteiger partial charge in [0.15, 0.2) is 5.22 Å². The highest BCUT2D eigenvalue weighted by atomic mass is 35.5. The number of hydrogen-bond acceptors (Lipinski definition) is 2. The van der Waals surface area contributed by atoms with Crippen molar-refractivity contribution in [3.05, 3.63) is 63.0 Å². The molecule has 0 saturated carbocycles. The van der Waals surface area contributed by atoms with Gasteiger partial charge < -0.3 is 9.73 Å². The van der Waals surface area contributed by atoms with Crippen molar-refractivity contribution in [3.63, 3.8) is 0 Å². The van der Waals surface area contributed by atoms with Crippen LogP contribution >= 0.6 is 34.8 Å². The van der Waals surface area contributed by atoms with Crippen molar-refractivity contribution in [3.8, 4) is 0 Å². The number of para-hydroxylation sites is 1. The average molecular weight is 345 g/mol. The molecule has 2 aromatic carbocycles. The summed E-state index contributed by atoms with van der Waals surface area (Å²) in [4.78, 5) is 0. The minimum Gasteiger partial charge on any atom is -0.444 e. The summed E-state index contributed by atoms with van der Waals surface area (Å²) in [6, 6.07) is 9.91. The maximum absolute atomic E-state index is 13.2. The molecule has 0 aliphatic carbocycles. The SMILES string of the molecule is Fc1cc(Cl)c(NCc2c(Cl)oc3ccccc23)c(Cl)c1. The van der Waals surface area contributed by atoms with Crippen molar-refractivity contribution in [2.45, 2.75) is 6.54 Å². The van der Waals surface area contributed by atoms with Crippen molar-refractivity contribution < 1.29 is 8.81 Å². The quantitative estimate of drug-likeness (QED) is 0.617. The zero-order chi connectivity index (χ0) is 15.0. The van der Waals surface area contributed by atoms with Crippen molar-refractivity contribution in [2.24, 2.45) is 0 Å². The highest BCUT2D eigenvalue weighted by Gasteiger charge is 2.14. The standard InChI is InChI=1S/C15H9Cl3FNO/c16-11-5-8(19)6-12(17)14(11)20-7-10-9-3-1-2-4-13(9)21-15(10)18/h1-6,20H,7H2. The molecule has 0 fully saturated rings. The monoisotopic (exact) mass is 343 g/mol. The molecular formula is C15H9Cl3FNO. The van der Waals surface area contributed by atoms with Gasteiger partial charge in [-0.05, 0) is 29.8 Å². The van der Waals surface area contributed by atoms with Crippen LogP contribution in [-0.4, -0.2) is 0 Å². The van der Waals surface area contributed by atoms with Gasteiger partial charge in [-0.25, -0.2) is 4.39 Å². The summed E-state index contributed by atoms with van der Waals surface area (Å²) < 4.78 is 18.6. The van der Waals surface area contributed by atoms with Crippen LogP contribution in [0.5, 0.6) is 0 Å². The molecule has 0 radical (unpaired) electrons. The van der Waals surface area contributed by atoms with E-state index < -0.39 is 5.82 Å². The summed E-state index contributed by atoms with van der Waals surface area (Å²) in [6.07, 6.45) is 0. The Balaban J connectivity index is 1.92. The topological polar surface area (TPSA) is 25.2 Å². The van der Waals surface area contributed by atoms with Gasteiger partial charge in [-0.3, -0.25) is 0 Å². The van der Waals surface area contributed by atoms with Gasteiger partial charge in [-0.1, -0.05) is 41.4 Å². The Bertz CT molecular complexity index is 793. The maximum atomic E-state index is 13.2. The Morgan fingerprint density at radius 1 is 1.05 bits per heavy atom. The van der Waals surface area contributed by atoms with E-state index in [2.05, 4.69) is 5.32 Å². The molecule has 1 heterocycles. The Morgan fingerprint density at radius 2 is 1.71 bits per heavy atom. The van der Waals surface area contributed by atoms with Gasteiger partial charge in [0.1, 0.15) is 11.4 Å². The van der Waals surface area contributed by atoms with E-state index in [9.17, 15) is 4.39 Å². The Hall–Kier alpha value is -1.42. The molecule has 3 aromatic rings. The van der Waals surface area contributed by atoms with Gasteiger partial charge in [0, 0.05) is 17.5 Å². The van der Waals surface area contributed by atoms with Crippen LogP contribution in [0.4, 0.5) is 10.1 Å². The zero-order valence-corrected chi connectivity index (χ0v) is 12.9. The predicted molar refractivity (Wildman–Crippen MR) is 85.0 cm³/mol. The lowest BCUT2D eigenvalue weighted by Crippen LogP contribution is -2.01. The van der Waals surface area contributed by atoms with E-state index >= 15 is 0 Å². The second kappa shape index (κ2) is 5.76. The van der Waals surface area contributed by atoms with Crippen LogP contribution in [0.2, 0.25) is 15.3 Å². The third kappa shape index (κ3) is 2.82. The molecule has 0 amide bonds. The van der Waals surface area contributed by atoms with Crippen molar-refractivity contribution >= 4 is 51.5 Å². The fourth-order valence-electron chi connectivity index (χ4n) is 2.12. The van der Waals surface area contributed by atoms with E-state index in [0.29, 0.717) is 23.0 Å². The Labute approximate surface area is 135 Å². The molecule has 0 aliphatic heterocycles. The number of hydrogen-bond donors (Lipinski definition) is 1. The summed E-state index contributed by atoms with van der Waals surface area (Å²) >= 11 is 18.1. The van der Waals surface area contributed by atoms with E-state index in [-0.39, 0.29) is 10.0 Å². The van der Waals surface area contributed by atoms with Gasteiger partial charge in [0.05, 0.1) is 15.7 Å². The highest BCUT2D eigenvalue weighted by Crippen LogP contribution is 2.34. The molecule has 0 atom stereocenters. The molecule has 21 heavy (non-hydrogen) atoms.